The number of piperazine rings is 2. The van der Waals surface area contributed by atoms with Crippen LogP contribution in [0.5, 0.6) is 0 Å². The highest BCUT2D eigenvalue weighted by molar-refractivity contribution is 5.92. The molecule has 10 heteroatoms. The first kappa shape index (κ1) is 17.4. The van der Waals surface area contributed by atoms with Crippen molar-refractivity contribution in [1.29, 1.82) is 0 Å². The van der Waals surface area contributed by atoms with Gasteiger partial charge in [0.25, 0.3) is 0 Å². The number of fused-ring (bicyclic) bond motifs is 1. The van der Waals surface area contributed by atoms with Crippen molar-refractivity contribution in [3.63, 3.8) is 0 Å². The van der Waals surface area contributed by atoms with Gasteiger partial charge in [-0.3, -0.25) is 9.69 Å². The van der Waals surface area contributed by atoms with E-state index in [0.29, 0.717) is 37.7 Å². The number of amides is 3. The van der Waals surface area contributed by atoms with E-state index < -0.39 is 0 Å². The fourth-order valence-electron chi connectivity index (χ4n) is 3.45. The van der Waals surface area contributed by atoms with Gasteiger partial charge in [-0.15, -0.1) is 10.2 Å². The molecule has 0 spiro atoms. The molecule has 2 aromatic rings. The standard InChI is InChI=1S/C17H22N8O2/c1-11-3-4-12(15-20-22-23(2)21-15)9-13(11)19-17(27)25-8-7-24-6-5-18-16(26)14(24)10-25/h3-4,9,14H,5-8,10H2,1-2H3,(H,18,26)(H,19,27)/t14-/m1/s1. The van der Waals surface area contributed by atoms with Gasteiger partial charge < -0.3 is 15.5 Å². The van der Waals surface area contributed by atoms with Crippen LogP contribution >= 0.6 is 0 Å². The van der Waals surface area contributed by atoms with Crippen LogP contribution in [0, 0.1) is 6.92 Å². The van der Waals surface area contributed by atoms with Crippen LogP contribution in [0.15, 0.2) is 18.2 Å². The van der Waals surface area contributed by atoms with Gasteiger partial charge in [-0.1, -0.05) is 12.1 Å². The summed E-state index contributed by atoms with van der Waals surface area (Å²) < 4.78 is 0. The minimum atomic E-state index is -0.269. The van der Waals surface area contributed by atoms with Crippen molar-refractivity contribution in [2.45, 2.75) is 13.0 Å². The van der Waals surface area contributed by atoms with Gasteiger partial charge in [0.05, 0.1) is 7.05 Å². The first-order valence-electron chi connectivity index (χ1n) is 8.94. The Morgan fingerprint density at radius 3 is 2.93 bits per heavy atom. The number of nitrogens with zero attached hydrogens (tertiary/aromatic N) is 6. The Kier molecular flexibility index (Phi) is 4.48. The molecule has 0 saturated carbocycles. The van der Waals surface area contributed by atoms with Gasteiger partial charge >= 0.3 is 6.03 Å². The zero-order chi connectivity index (χ0) is 19.0. The number of tetrazole rings is 1. The molecule has 3 heterocycles. The molecule has 2 aliphatic rings. The molecule has 27 heavy (non-hydrogen) atoms. The summed E-state index contributed by atoms with van der Waals surface area (Å²) in [5.41, 5.74) is 2.41. The third-order valence-electron chi connectivity index (χ3n) is 5.03. The summed E-state index contributed by atoms with van der Waals surface area (Å²) in [7, 11) is 1.70. The smallest absolute Gasteiger partial charge is 0.321 e. The lowest BCUT2D eigenvalue weighted by Crippen LogP contribution is -2.64. The summed E-state index contributed by atoms with van der Waals surface area (Å²) in [5.74, 6) is 0.492. The van der Waals surface area contributed by atoms with Crippen LogP contribution in [-0.4, -0.2) is 80.7 Å². The van der Waals surface area contributed by atoms with E-state index in [9.17, 15) is 9.59 Å². The Bertz CT molecular complexity index is 880. The van der Waals surface area contributed by atoms with Gasteiger partial charge in [-0.2, -0.15) is 4.80 Å². The minimum Gasteiger partial charge on any atom is -0.353 e. The normalized spacial score (nSPS) is 20.1. The lowest BCUT2D eigenvalue weighted by molar-refractivity contribution is -0.131. The molecule has 3 amide bonds. The maximum Gasteiger partial charge on any atom is 0.321 e. The molecular weight excluding hydrogens is 348 g/mol. The molecule has 2 fully saturated rings. The highest BCUT2D eigenvalue weighted by Crippen LogP contribution is 2.23. The SMILES string of the molecule is Cc1ccc(-c2nnn(C)n2)cc1NC(=O)N1CCN2CCNC(=O)[C@H]2C1. The Labute approximate surface area is 156 Å². The fraction of sp³-hybridized carbons (Fsp3) is 0.471. The molecule has 0 bridgehead atoms. The van der Waals surface area contributed by atoms with Gasteiger partial charge in [0, 0.05) is 44.0 Å². The van der Waals surface area contributed by atoms with E-state index in [1.807, 2.05) is 25.1 Å². The zero-order valence-corrected chi connectivity index (χ0v) is 15.3. The van der Waals surface area contributed by atoms with Crippen LogP contribution in [0.4, 0.5) is 10.5 Å². The van der Waals surface area contributed by atoms with E-state index in [-0.39, 0.29) is 18.0 Å². The molecule has 2 N–H and O–H groups in total. The average Bonchev–Trinajstić information content (AvgIpc) is 3.10. The van der Waals surface area contributed by atoms with E-state index in [0.717, 1.165) is 17.7 Å². The molecule has 2 aliphatic heterocycles. The van der Waals surface area contributed by atoms with Crippen molar-refractivity contribution in [2.24, 2.45) is 7.05 Å². The Morgan fingerprint density at radius 1 is 1.30 bits per heavy atom. The van der Waals surface area contributed by atoms with E-state index in [2.05, 4.69) is 30.9 Å². The summed E-state index contributed by atoms with van der Waals surface area (Å²) in [5, 5.41) is 17.9. The number of carbonyl (C=O) groups excluding carboxylic acids is 2. The lowest BCUT2D eigenvalue weighted by Gasteiger charge is -2.42. The van der Waals surface area contributed by atoms with Crippen molar-refractivity contribution in [1.82, 2.24) is 35.3 Å². The van der Waals surface area contributed by atoms with E-state index in [1.165, 1.54) is 4.80 Å². The number of nitrogens with one attached hydrogen (secondary N) is 2. The topological polar surface area (TPSA) is 108 Å². The van der Waals surface area contributed by atoms with Crippen LogP contribution in [-0.2, 0) is 11.8 Å². The molecule has 10 nitrogen and oxygen atoms in total. The monoisotopic (exact) mass is 370 g/mol. The lowest BCUT2D eigenvalue weighted by atomic mass is 10.1. The third-order valence-corrected chi connectivity index (χ3v) is 5.03. The Balaban J connectivity index is 1.48. The number of rotatable bonds is 2. The highest BCUT2D eigenvalue weighted by Gasteiger charge is 2.36. The van der Waals surface area contributed by atoms with E-state index in [4.69, 9.17) is 0 Å². The molecule has 0 aliphatic carbocycles. The molecule has 0 radical (unpaired) electrons. The number of hydrogen-bond acceptors (Lipinski definition) is 6. The summed E-state index contributed by atoms with van der Waals surface area (Å²) in [4.78, 5) is 30.1. The molecule has 0 unspecified atom stereocenters. The summed E-state index contributed by atoms with van der Waals surface area (Å²) >= 11 is 0. The maximum atomic E-state index is 12.8. The molecule has 1 atom stereocenters. The summed E-state index contributed by atoms with van der Waals surface area (Å²) in [6.07, 6.45) is 0. The van der Waals surface area contributed by atoms with E-state index in [1.54, 1.807) is 11.9 Å². The number of aryl methyl sites for hydroxylation is 2. The maximum absolute atomic E-state index is 12.8. The number of carbonyl (C=O) groups is 2. The van der Waals surface area contributed by atoms with Crippen molar-refractivity contribution < 1.29 is 9.59 Å². The van der Waals surface area contributed by atoms with Crippen LogP contribution in [0.3, 0.4) is 0 Å². The molecule has 142 valence electrons. The fourth-order valence-corrected chi connectivity index (χ4v) is 3.45. The number of hydrogen-bond donors (Lipinski definition) is 2. The zero-order valence-electron chi connectivity index (χ0n) is 15.3. The molecule has 4 rings (SSSR count). The summed E-state index contributed by atoms with van der Waals surface area (Å²) in [6.45, 7) is 5.12. The quantitative estimate of drug-likeness (QED) is 0.760. The van der Waals surface area contributed by atoms with Crippen molar-refractivity contribution >= 4 is 17.6 Å². The number of anilines is 1. The minimum absolute atomic E-state index is 0.00865. The molecule has 1 aromatic heterocycles. The van der Waals surface area contributed by atoms with Crippen molar-refractivity contribution in [2.75, 3.05) is 38.0 Å². The van der Waals surface area contributed by atoms with Crippen molar-refractivity contribution in [3.8, 4) is 11.4 Å². The van der Waals surface area contributed by atoms with Gasteiger partial charge in [-0.05, 0) is 23.8 Å². The second-order valence-electron chi connectivity index (χ2n) is 6.85. The van der Waals surface area contributed by atoms with Crippen LogP contribution < -0.4 is 10.6 Å². The van der Waals surface area contributed by atoms with E-state index >= 15 is 0 Å². The number of urea groups is 1. The summed E-state index contributed by atoms with van der Waals surface area (Å²) in [6, 6.07) is 5.17. The molecule has 1 aromatic carbocycles. The molecular formula is C17H22N8O2. The number of aromatic nitrogens is 4. The van der Waals surface area contributed by atoms with Crippen LogP contribution in [0.25, 0.3) is 11.4 Å². The third kappa shape index (κ3) is 3.47. The first-order chi connectivity index (χ1) is 13.0. The van der Waals surface area contributed by atoms with Crippen LogP contribution in [0.1, 0.15) is 5.56 Å². The van der Waals surface area contributed by atoms with Gasteiger partial charge in [0.15, 0.2) is 0 Å². The van der Waals surface area contributed by atoms with Gasteiger partial charge in [0.2, 0.25) is 11.7 Å². The second-order valence-corrected chi connectivity index (χ2v) is 6.85. The predicted molar refractivity (Wildman–Crippen MR) is 97.9 cm³/mol. The highest BCUT2D eigenvalue weighted by atomic mass is 16.2. The number of benzene rings is 1. The largest absolute Gasteiger partial charge is 0.353 e. The van der Waals surface area contributed by atoms with Gasteiger partial charge in [0.1, 0.15) is 6.04 Å². The van der Waals surface area contributed by atoms with Crippen LogP contribution in [0.2, 0.25) is 0 Å². The Morgan fingerprint density at radius 2 is 2.15 bits per heavy atom. The Hall–Kier alpha value is -3.01. The van der Waals surface area contributed by atoms with Crippen molar-refractivity contribution in [3.05, 3.63) is 23.8 Å². The predicted octanol–water partition coefficient (Wildman–Crippen LogP) is -0.167. The first-order valence-corrected chi connectivity index (χ1v) is 8.94. The molecule has 2 saturated heterocycles. The average molecular weight is 370 g/mol. The second kappa shape index (κ2) is 6.95. The van der Waals surface area contributed by atoms with Gasteiger partial charge in [-0.25, -0.2) is 4.79 Å².